The van der Waals surface area contributed by atoms with Gasteiger partial charge in [-0.15, -0.1) is 13.2 Å². The summed E-state index contributed by atoms with van der Waals surface area (Å²) in [7, 11) is 0. The molecule has 0 unspecified atom stereocenters. The lowest BCUT2D eigenvalue weighted by atomic mass is 10.2. The Morgan fingerprint density at radius 1 is 1.50 bits per heavy atom. The van der Waals surface area contributed by atoms with Crippen LogP contribution in [0.2, 0.25) is 0 Å². The lowest BCUT2D eigenvalue weighted by Gasteiger charge is -2.09. The third-order valence-electron chi connectivity index (χ3n) is 1.64. The number of aromatic amines is 1. The molecule has 11 heteroatoms. The van der Waals surface area contributed by atoms with Crippen LogP contribution >= 0.6 is 11.6 Å². The summed E-state index contributed by atoms with van der Waals surface area (Å²) >= 11 is 4.91. The second kappa shape index (κ2) is 4.64. The summed E-state index contributed by atoms with van der Waals surface area (Å²) < 4.78 is 39.3. The molecule has 0 saturated carbocycles. The van der Waals surface area contributed by atoms with Gasteiger partial charge in [-0.25, -0.2) is 0 Å². The smallest absolute Gasteiger partial charge is 0.399 e. The van der Waals surface area contributed by atoms with Crippen molar-refractivity contribution in [2.24, 2.45) is 0 Å². The Morgan fingerprint density at radius 3 is 2.44 bits per heavy atom. The Bertz CT molecular complexity index is 567. The molecule has 0 fully saturated rings. The van der Waals surface area contributed by atoms with Gasteiger partial charge < -0.3 is 9.72 Å². The van der Waals surface area contributed by atoms with Gasteiger partial charge in [0.25, 0.3) is 10.8 Å². The van der Waals surface area contributed by atoms with Crippen LogP contribution in [0.3, 0.4) is 0 Å². The van der Waals surface area contributed by atoms with Gasteiger partial charge in [0.15, 0.2) is 5.56 Å². The largest absolute Gasteiger partial charge is 0.573 e. The minimum Gasteiger partial charge on any atom is -0.399 e. The van der Waals surface area contributed by atoms with Crippen LogP contribution in [0, 0.1) is 10.1 Å². The van der Waals surface area contributed by atoms with Gasteiger partial charge >= 0.3 is 12.0 Å². The van der Waals surface area contributed by atoms with Gasteiger partial charge in [-0.2, -0.15) is 0 Å². The van der Waals surface area contributed by atoms with Crippen LogP contribution < -0.4 is 10.3 Å². The Morgan fingerprint density at radius 2 is 2.06 bits per heavy atom. The molecule has 1 aromatic heterocycles. The molecule has 0 aromatic carbocycles. The highest BCUT2D eigenvalue weighted by atomic mass is 35.5. The maximum Gasteiger partial charge on any atom is 0.573 e. The van der Waals surface area contributed by atoms with Gasteiger partial charge in [0.2, 0.25) is 5.75 Å². The molecule has 0 radical (unpaired) electrons. The minimum absolute atomic E-state index is 0.446. The number of rotatable bonds is 3. The first-order chi connectivity index (χ1) is 8.13. The number of carbonyl (C=O) groups excluding carboxylic acids is 1. The topological polar surface area (TPSA) is 102 Å². The number of carbonyl (C=O) groups is 1. The number of hydrogen-bond acceptors (Lipinski definition) is 5. The maximum absolute atomic E-state index is 12.0. The summed E-state index contributed by atoms with van der Waals surface area (Å²) in [5.41, 5.74) is -3.83. The van der Waals surface area contributed by atoms with E-state index in [2.05, 4.69) is 4.74 Å². The number of nitrogens with one attached hydrogen (secondary N) is 1. The van der Waals surface area contributed by atoms with Crippen molar-refractivity contribution in [2.75, 3.05) is 0 Å². The average Bonchev–Trinajstić information content (AvgIpc) is 2.17. The predicted octanol–water partition coefficient (Wildman–Crippen LogP) is 1.56. The van der Waals surface area contributed by atoms with E-state index in [1.54, 1.807) is 4.98 Å². The summed E-state index contributed by atoms with van der Waals surface area (Å²) in [4.78, 5) is 32.9. The molecule has 0 bridgehead atoms. The third kappa shape index (κ3) is 2.97. The highest BCUT2D eigenvalue weighted by molar-refractivity contribution is 6.68. The normalized spacial score (nSPS) is 11.1. The second-order valence-corrected chi connectivity index (χ2v) is 3.13. The Balaban J connectivity index is 3.57. The van der Waals surface area contributed by atoms with E-state index in [4.69, 9.17) is 11.6 Å². The predicted molar refractivity (Wildman–Crippen MR) is 50.6 cm³/mol. The van der Waals surface area contributed by atoms with Crippen LogP contribution in [0.1, 0.15) is 10.4 Å². The fourth-order valence-electron chi connectivity index (χ4n) is 1.05. The number of H-pyrrole nitrogens is 1. The van der Waals surface area contributed by atoms with Gasteiger partial charge in [0, 0.05) is 0 Å². The van der Waals surface area contributed by atoms with Crippen molar-refractivity contribution >= 4 is 22.5 Å². The maximum atomic E-state index is 12.0. The first-order valence-electron chi connectivity index (χ1n) is 3.99. The highest BCUT2D eigenvalue weighted by Gasteiger charge is 2.37. The van der Waals surface area contributed by atoms with E-state index >= 15 is 0 Å². The van der Waals surface area contributed by atoms with Crippen molar-refractivity contribution in [2.45, 2.75) is 6.36 Å². The second-order valence-electron chi connectivity index (χ2n) is 2.79. The fraction of sp³-hybridized carbons (Fsp3) is 0.143. The lowest BCUT2D eigenvalue weighted by molar-refractivity contribution is -0.385. The van der Waals surface area contributed by atoms with Crippen LogP contribution in [0.25, 0.3) is 0 Å². The van der Waals surface area contributed by atoms with Crippen molar-refractivity contribution in [3.63, 3.8) is 0 Å². The van der Waals surface area contributed by atoms with Crippen molar-refractivity contribution < 1.29 is 27.6 Å². The molecule has 0 amide bonds. The van der Waals surface area contributed by atoms with Crippen molar-refractivity contribution in [3.05, 3.63) is 32.2 Å². The number of nitro groups is 1. The number of pyridine rings is 1. The zero-order chi connectivity index (χ0) is 14.1. The van der Waals surface area contributed by atoms with E-state index in [0.29, 0.717) is 6.20 Å². The SMILES string of the molecule is O=C(Cl)c1c([N+](=O)[O-])c[nH]c(=O)c1OC(F)(F)F. The Kier molecular flexibility index (Phi) is 3.60. The monoisotopic (exact) mass is 286 g/mol. The number of halogens is 4. The molecule has 0 spiro atoms. The van der Waals surface area contributed by atoms with Gasteiger partial charge in [-0.05, 0) is 11.6 Å². The van der Waals surface area contributed by atoms with Crippen molar-refractivity contribution in [3.8, 4) is 5.75 Å². The van der Waals surface area contributed by atoms with Gasteiger partial charge in [0.05, 0.1) is 11.1 Å². The average molecular weight is 287 g/mol. The molecule has 7 nitrogen and oxygen atoms in total. The quantitative estimate of drug-likeness (QED) is 0.516. The zero-order valence-electron chi connectivity index (χ0n) is 8.08. The third-order valence-corrected chi connectivity index (χ3v) is 1.83. The van der Waals surface area contributed by atoms with E-state index in [0.717, 1.165) is 0 Å². The fourth-order valence-corrected chi connectivity index (χ4v) is 1.23. The first kappa shape index (κ1) is 14.0. The van der Waals surface area contributed by atoms with Crippen LogP contribution in [-0.2, 0) is 0 Å². The van der Waals surface area contributed by atoms with E-state index in [1.807, 2.05) is 0 Å². The summed E-state index contributed by atoms with van der Waals surface area (Å²) in [6.07, 6.45) is -4.86. The van der Waals surface area contributed by atoms with Gasteiger partial charge in [-0.3, -0.25) is 19.7 Å². The minimum atomic E-state index is -5.30. The summed E-state index contributed by atoms with van der Waals surface area (Å²) in [6, 6.07) is 0. The number of hydrogen-bond donors (Lipinski definition) is 1. The molecular weight excluding hydrogens is 285 g/mol. The first-order valence-corrected chi connectivity index (χ1v) is 4.37. The lowest BCUT2D eigenvalue weighted by Crippen LogP contribution is -2.25. The Labute approximate surface area is 100 Å². The standard InChI is InChI=1S/C7H2ClF3N2O5/c8-5(14)3-2(13(16)17)1-12-6(15)4(3)18-7(9,10)11/h1H,(H,12,15). The molecule has 0 aliphatic heterocycles. The van der Waals surface area contributed by atoms with Crippen molar-refractivity contribution in [1.29, 1.82) is 0 Å². The summed E-state index contributed by atoms with van der Waals surface area (Å²) in [5.74, 6) is -1.57. The van der Waals surface area contributed by atoms with E-state index in [9.17, 15) is 32.9 Å². The van der Waals surface area contributed by atoms with E-state index in [-0.39, 0.29) is 0 Å². The number of nitrogens with zero attached hydrogens (tertiary/aromatic N) is 1. The summed E-state index contributed by atoms with van der Waals surface area (Å²) in [6.45, 7) is 0. The van der Waals surface area contributed by atoms with Crippen LogP contribution in [-0.4, -0.2) is 21.5 Å². The highest BCUT2D eigenvalue weighted by Crippen LogP contribution is 2.29. The summed E-state index contributed by atoms with van der Waals surface area (Å²) in [5, 5.41) is 8.87. The number of alkyl halides is 3. The zero-order valence-corrected chi connectivity index (χ0v) is 8.83. The molecule has 1 aromatic rings. The molecule has 1 heterocycles. The number of ether oxygens (including phenoxy) is 1. The number of aromatic nitrogens is 1. The van der Waals surface area contributed by atoms with Crippen LogP contribution in [0.5, 0.6) is 5.75 Å². The molecular formula is C7H2ClF3N2O5. The molecule has 0 aliphatic carbocycles. The molecule has 98 valence electrons. The molecule has 0 atom stereocenters. The van der Waals surface area contributed by atoms with Crippen molar-refractivity contribution in [1.82, 2.24) is 4.98 Å². The van der Waals surface area contributed by atoms with Gasteiger partial charge in [-0.1, -0.05) is 0 Å². The molecule has 1 N–H and O–H groups in total. The van der Waals surface area contributed by atoms with Crippen LogP contribution in [0.15, 0.2) is 11.0 Å². The van der Waals surface area contributed by atoms with Gasteiger partial charge in [0.1, 0.15) is 0 Å². The molecule has 0 saturated heterocycles. The molecule has 0 aliphatic rings. The Hall–Kier alpha value is -2.10. The molecule has 18 heavy (non-hydrogen) atoms. The van der Waals surface area contributed by atoms with E-state index in [1.165, 1.54) is 0 Å². The van der Waals surface area contributed by atoms with E-state index < -0.39 is 39.1 Å². The molecule has 1 rings (SSSR count). The van der Waals surface area contributed by atoms with Crippen LogP contribution in [0.4, 0.5) is 18.9 Å².